The van der Waals surface area contributed by atoms with Crippen LogP contribution in [0.5, 0.6) is 0 Å². The molecule has 1 aliphatic carbocycles. The molecule has 4 heteroatoms. The second kappa shape index (κ2) is 5.76. The molecule has 3 rings (SSSR count). The van der Waals surface area contributed by atoms with Gasteiger partial charge in [-0.2, -0.15) is 0 Å². The van der Waals surface area contributed by atoms with Gasteiger partial charge in [-0.15, -0.1) is 0 Å². The van der Waals surface area contributed by atoms with Crippen LogP contribution in [0.25, 0.3) is 0 Å². The lowest BCUT2D eigenvalue weighted by molar-refractivity contribution is -0.116. The molecular formula is C19H21NO3. The molecule has 0 radical (unpaired) electrons. The summed E-state index contributed by atoms with van der Waals surface area (Å²) in [6, 6.07) is 7.39. The number of nitrogens with zero attached hydrogens (tertiary/aromatic N) is 1. The average molecular weight is 311 g/mol. The van der Waals surface area contributed by atoms with Crippen molar-refractivity contribution in [2.45, 2.75) is 39.5 Å². The highest BCUT2D eigenvalue weighted by Gasteiger charge is 2.43. The van der Waals surface area contributed by atoms with Gasteiger partial charge < -0.3 is 4.74 Å². The molecule has 0 N–H and O–H groups in total. The molecule has 120 valence electrons. The Hall–Kier alpha value is -2.23. The molecule has 0 fully saturated rings. The number of aliphatic imine (C=N–C) groups is 1. The third-order valence-electron chi connectivity index (χ3n) is 4.97. The third kappa shape index (κ3) is 2.62. The van der Waals surface area contributed by atoms with Crippen LogP contribution in [0.1, 0.15) is 49.0 Å². The van der Waals surface area contributed by atoms with Gasteiger partial charge in [0.05, 0.1) is 12.7 Å². The molecule has 1 aromatic rings. The van der Waals surface area contributed by atoms with Crippen molar-refractivity contribution in [2.75, 3.05) is 7.11 Å². The number of hydrogen-bond donors (Lipinski definition) is 0. The molecule has 1 aliphatic heterocycles. The topological polar surface area (TPSA) is 55.7 Å². The highest BCUT2D eigenvalue weighted by molar-refractivity contribution is 6.09. The number of ketones is 1. The maximum atomic E-state index is 12.4. The standard InChI is InChI=1S/C19H21NO3/c1-12-19(2,17-15(20-12)5-4-6-16(17)21)11-13-7-9-14(10-8-13)18(22)23-3/h7-10H,4-6,11H2,1-3H3. The fourth-order valence-corrected chi connectivity index (χ4v) is 3.57. The maximum Gasteiger partial charge on any atom is 0.337 e. The Labute approximate surface area is 136 Å². The van der Waals surface area contributed by atoms with Crippen molar-refractivity contribution >= 4 is 17.5 Å². The van der Waals surface area contributed by atoms with Crippen LogP contribution in [0.3, 0.4) is 0 Å². The lowest BCUT2D eigenvalue weighted by Crippen LogP contribution is -2.32. The summed E-state index contributed by atoms with van der Waals surface area (Å²) in [6.45, 7) is 4.11. The minimum Gasteiger partial charge on any atom is -0.465 e. The number of esters is 1. The Balaban J connectivity index is 1.89. The van der Waals surface area contributed by atoms with Gasteiger partial charge in [-0.05, 0) is 50.8 Å². The summed E-state index contributed by atoms with van der Waals surface area (Å²) in [5, 5.41) is 0. The Bertz CT molecular complexity index is 727. The third-order valence-corrected chi connectivity index (χ3v) is 4.97. The second-order valence-corrected chi connectivity index (χ2v) is 6.49. The average Bonchev–Trinajstić information content (AvgIpc) is 2.79. The first-order chi connectivity index (χ1) is 11.0. The number of Topliss-reactive ketones (excluding diaryl/α,β-unsaturated/α-hetero) is 1. The quantitative estimate of drug-likeness (QED) is 0.803. The Morgan fingerprint density at radius 1 is 1.26 bits per heavy atom. The Morgan fingerprint density at radius 3 is 2.61 bits per heavy atom. The van der Waals surface area contributed by atoms with Crippen LogP contribution in [0, 0.1) is 5.41 Å². The lowest BCUT2D eigenvalue weighted by atomic mass is 9.71. The predicted molar refractivity (Wildman–Crippen MR) is 88.6 cm³/mol. The van der Waals surface area contributed by atoms with E-state index in [4.69, 9.17) is 4.74 Å². The highest BCUT2D eigenvalue weighted by atomic mass is 16.5. The van der Waals surface area contributed by atoms with Crippen molar-refractivity contribution in [3.8, 4) is 0 Å². The molecule has 0 saturated carbocycles. The molecule has 1 atom stereocenters. The Kier molecular flexibility index (Phi) is 3.92. The molecule has 2 aliphatic rings. The molecule has 1 unspecified atom stereocenters. The van der Waals surface area contributed by atoms with Gasteiger partial charge in [0.2, 0.25) is 0 Å². The van der Waals surface area contributed by atoms with E-state index in [0.717, 1.165) is 35.4 Å². The fraction of sp³-hybridized carbons (Fsp3) is 0.421. The van der Waals surface area contributed by atoms with Gasteiger partial charge in [-0.3, -0.25) is 9.79 Å². The SMILES string of the molecule is COC(=O)c1ccc(CC2(C)C(C)=NC3=C2C(=O)CCC3)cc1. The number of carbonyl (C=O) groups excluding carboxylic acids is 2. The van der Waals surface area contributed by atoms with Crippen LogP contribution in [0.2, 0.25) is 0 Å². The number of hydrogen-bond acceptors (Lipinski definition) is 4. The first-order valence-corrected chi connectivity index (χ1v) is 7.95. The molecule has 0 aromatic heterocycles. The number of rotatable bonds is 3. The number of ether oxygens (including phenoxy) is 1. The number of carbonyl (C=O) groups is 2. The minimum absolute atomic E-state index is 0.237. The molecular weight excluding hydrogens is 290 g/mol. The second-order valence-electron chi connectivity index (χ2n) is 6.49. The van der Waals surface area contributed by atoms with Crippen LogP contribution < -0.4 is 0 Å². The first-order valence-electron chi connectivity index (χ1n) is 7.95. The van der Waals surface area contributed by atoms with E-state index in [9.17, 15) is 9.59 Å². The maximum absolute atomic E-state index is 12.4. The molecule has 1 heterocycles. The van der Waals surface area contributed by atoms with Gasteiger partial charge >= 0.3 is 5.97 Å². The van der Waals surface area contributed by atoms with Gasteiger partial charge in [0.1, 0.15) is 0 Å². The van der Waals surface area contributed by atoms with Crippen molar-refractivity contribution in [2.24, 2.45) is 10.4 Å². The largest absolute Gasteiger partial charge is 0.465 e. The summed E-state index contributed by atoms with van der Waals surface area (Å²) < 4.78 is 4.72. The normalized spacial score (nSPS) is 23.6. The summed E-state index contributed by atoms with van der Waals surface area (Å²) >= 11 is 0. The van der Waals surface area contributed by atoms with Crippen LogP contribution in [-0.4, -0.2) is 24.6 Å². The Morgan fingerprint density at radius 2 is 1.96 bits per heavy atom. The van der Waals surface area contributed by atoms with Gasteiger partial charge in [0.25, 0.3) is 0 Å². The summed E-state index contributed by atoms with van der Waals surface area (Å²) in [7, 11) is 1.37. The van der Waals surface area contributed by atoms with E-state index >= 15 is 0 Å². The fourth-order valence-electron chi connectivity index (χ4n) is 3.57. The van der Waals surface area contributed by atoms with E-state index < -0.39 is 0 Å². The van der Waals surface area contributed by atoms with Crippen molar-refractivity contribution in [1.82, 2.24) is 0 Å². The van der Waals surface area contributed by atoms with Gasteiger partial charge in [0, 0.05) is 28.8 Å². The van der Waals surface area contributed by atoms with E-state index in [1.54, 1.807) is 12.1 Å². The zero-order valence-electron chi connectivity index (χ0n) is 13.8. The van der Waals surface area contributed by atoms with E-state index in [1.807, 2.05) is 19.1 Å². The summed E-state index contributed by atoms with van der Waals surface area (Å²) in [5.41, 5.74) is 4.17. The van der Waals surface area contributed by atoms with E-state index in [-0.39, 0.29) is 17.2 Å². The van der Waals surface area contributed by atoms with E-state index in [2.05, 4.69) is 11.9 Å². The lowest BCUT2D eigenvalue weighted by Gasteiger charge is -2.29. The van der Waals surface area contributed by atoms with Crippen molar-refractivity contribution in [3.63, 3.8) is 0 Å². The summed E-state index contributed by atoms with van der Waals surface area (Å²) in [4.78, 5) is 28.6. The van der Waals surface area contributed by atoms with Crippen molar-refractivity contribution < 1.29 is 14.3 Å². The van der Waals surface area contributed by atoms with Gasteiger partial charge in [0.15, 0.2) is 5.78 Å². The molecule has 4 nitrogen and oxygen atoms in total. The molecule has 23 heavy (non-hydrogen) atoms. The predicted octanol–water partition coefficient (Wildman–Crippen LogP) is 3.50. The number of methoxy groups -OCH3 is 1. The van der Waals surface area contributed by atoms with Crippen LogP contribution in [-0.2, 0) is 16.0 Å². The smallest absolute Gasteiger partial charge is 0.337 e. The molecule has 0 amide bonds. The minimum atomic E-state index is -0.339. The zero-order chi connectivity index (χ0) is 16.6. The van der Waals surface area contributed by atoms with Crippen LogP contribution in [0.4, 0.5) is 0 Å². The molecule has 0 saturated heterocycles. The van der Waals surface area contributed by atoms with Crippen molar-refractivity contribution in [1.29, 1.82) is 0 Å². The molecule has 1 aromatic carbocycles. The van der Waals surface area contributed by atoms with Gasteiger partial charge in [-0.1, -0.05) is 12.1 Å². The number of allylic oxidation sites excluding steroid dienone is 2. The zero-order valence-corrected chi connectivity index (χ0v) is 13.8. The summed E-state index contributed by atoms with van der Waals surface area (Å²) in [5.74, 6) is -0.102. The van der Waals surface area contributed by atoms with E-state index in [0.29, 0.717) is 18.4 Å². The monoisotopic (exact) mass is 311 g/mol. The molecule has 0 spiro atoms. The highest BCUT2D eigenvalue weighted by Crippen LogP contribution is 2.44. The number of benzene rings is 1. The summed E-state index contributed by atoms with van der Waals surface area (Å²) in [6.07, 6.45) is 3.14. The molecule has 0 bridgehead atoms. The first kappa shape index (κ1) is 15.7. The van der Waals surface area contributed by atoms with Gasteiger partial charge in [-0.25, -0.2) is 4.79 Å². The van der Waals surface area contributed by atoms with Crippen LogP contribution in [0.15, 0.2) is 40.5 Å². The van der Waals surface area contributed by atoms with E-state index in [1.165, 1.54) is 7.11 Å². The van der Waals surface area contributed by atoms with Crippen molar-refractivity contribution in [3.05, 3.63) is 46.7 Å². The van der Waals surface area contributed by atoms with Crippen LogP contribution >= 0.6 is 0 Å².